The molecule has 0 saturated heterocycles. The van der Waals surface area contributed by atoms with Gasteiger partial charge in [0.15, 0.2) is 0 Å². The lowest BCUT2D eigenvalue weighted by Crippen LogP contribution is -2.46. The predicted octanol–water partition coefficient (Wildman–Crippen LogP) is 4.06. The second kappa shape index (κ2) is 4.60. The second-order valence-electron chi connectivity index (χ2n) is 8.08. The molecule has 0 heterocycles. The quantitative estimate of drug-likeness (QED) is 0.316. The van der Waals surface area contributed by atoms with Crippen molar-refractivity contribution in [3.8, 4) is 0 Å². The highest BCUT2D eigenvalue weighted by molar-refractivity contribution is 14.1. The van der Waals surface area contributed by atoms with Crippen LogP contribution in [0.1, 0.15) is 46.0 Å². The average molecular weight is 388 g/mol. The highest BCUT2D eigenvalue weighted by Crippen LogP contribution is 2.70. The maximum absolute atomic E-state index is 12.2. The van der Waals surface area contributed by atoms with Crippen molar-refractivity contribution in [1.29, 1.82) is 0 Å². The molecule has 4 bridgehead atoms. The largest absolute Gasteiger partial charge is 0.459 e. The van der Waals surface area contributed by atoms with E-state index in [2.05, 4.69) is 29.5 Å². The van der Waals surface area contributed by atoms with Crippen molar-refractivity contribution in [2.24, 2.45) is 41.4 Å². The van der Waals surface area contributed by atoms with Crippen molar-refractivity contribution in [2.75, 3.05) is 4.43 Å². The van der Waals surface area contributed by atoms with Gasteiger partial charge in [-0.05, 0) is 68.6 Å². The summed E-state index contributed by atoms with van der Waals surface area (Å²) in [5.74, 6) is 5.46. The number of alkyl halides is 1. The van der Waals surface area contributed by atoms with Crippen molar-refractivity contribution in [3.05, 3.63) is 0 Å². The average Bonchev–Trinajstić information content (AvgIpc) is 3.13. The Hall–Kier alpha value is 0.200. The minimum atomic E-state index is -0.145. The van der Waals surface area contributed by atoms with Gasteiger partial charge in [-0.3, -0.25) is 4.79 Å². The van der Waals surface area contributed by atoms with Crippen molar-refractivity contribution < 1.29 is 9.53 Å². The van der Waals surface area contributed by atoms with Crippen molar-refractivity contribution in [2.45, 2.75) is 51.6 Å². The van der Waals surface area contributed by atoms with Gasteiger partial charge in [0.1, 0.15) is 5.60 Å². The third-order valence-electron chi connectivity index (χ3n) is 7.03. The Morgan fingerprint density at radius 3 is 2.65 bits per heavy atom. The molecule has 0 amide bonds. The molecule has 4 saturated carbocycles. The van der Waals surface area contributed by atoms with Gasteiger partial charge in [0.05, 0.1) is 5.92 Å². The first-order valence-electron chi connectivity index (χ1n) is 8.32. The lowest BCUT2D eigenvalue weighted by atomic mass is 9.66. The fourth-order valence-electron chi connectivity index (χ4n) is 6.38. The van der Waals surface area contributed by atoms with Crippen molar-refractivity contribution >= 4 is 28.6 Å². The molecule has 4 aliphatic rings. The lowest BCUT2D eigenvalue weighted by molar-refractivity contribution is -0.172. The van der Waals surface area contributed by atoms with Gasteiger partial charge in [0.2, 0.25) is 0 Å². The highest BCUT2D eigenvalue weighted by atomic mass is 127. The summed E-state index contributed by atoms with van der Waals surface area (Å²) in [6, 6.07) is 0. The highest BCUT2D eigenvalue weighted by Gasteiger charge is 2.66. The first-order valence-corrected chi connectivity index (χ1v) is 9.85. The molecule has 0 aromatic rings. The summed E-state index contributed by atoms with van der Waals surface area (Å²) >= 11 is 2.28. The third kappa shape index (κ3) is 1.77. The number of halogens is 1. The monoisotopic (exact) mass is 388 g/mol. The molecule has 8 unspecified atom stereocenters. The number of carbonyl (C=O) groups excluding carboxylic acids is 1. The van der Waals surface area contributed by atoms with Gasteiger partial charge >= 0.3 is 5.97 Å². The van der Waals surface area contributed by atoms with E-state index in [1.807, 2.05) is 6.92 Å². The van der Waals surface area contributed by atoms with E-state index >= 15 is 0 Å². The SMILES string of the molecule is CC(CI)C(=O)OC1(C)CC2CC1C1C3CCC(C3)C21. The van der Waals surface area contributed by atoms with Crippen molar-refractivity contribution in [1.82, 2.24) is 0 Å². The van der Waals surface area contributed by atoms with Crippen LogP contribution in [0.25, 0.3) is 0 Å². The minimum absolute atomic E-state index is 0.0363. The number of hydrogen-bond acceptors (Lipinski definition) is 2. The maximum Gasteiger partial charge on any atom is 0.309 e. The Kier molecular flexibility index (Phi) is 3.18. The first kappa shape index (κ1) is 13.8. The van der Waals surface area contributed by atoms with E-state index in [9.17, 15) is 4.79 Å². The van der Waals surface area contributed by atoms with Crippen LogP contribution < -0.4 is 0 Å². The fourth-order valence-corrected chi connectivity index (χ4v) is 6.73. The summed E-state index contributed by atoms with van der Waals surface area (Å²) in [6.07, 6.45) is 6.89. The van der Waals surface area contributed by atoms with Crippen LogP contribution in [0.4, 0.5) is 0 Å². The standard InChI is InChI=1S/C17H25IO2/c1-9(8-18)16(19)20-17(2)7-12-6-13(17)15-11-4-3-10(5-11)14(12)15/h9-15H,3-8H2,1-2H3. The molecule has 3 heteroatoms. The molecule has 2 nitrogen and oxygen atoms in total. The molecule has 0 radical (unpaired) electrons. The second-order valence-corrected chi connectivity index (χ2v) is 8.96. The van der Waals surface area contributed by atoms with E-state index in [4.69, 9.17) is 4.74 Å². The zero-order valence-corrected chi connectivity index (χ0v) is 14.6. The smallest absolute Gasteiger partial charge is 0.309 e. The maximum atomic E-state index is 12.2. The Morgan fingerprint density at radius 1 is 1.25 bits per heavy atom. The Balaban J connectivity index is 1.53. The van der Waals surface area contributed by atoms with Gasteiger partial charge in [0.25, 0.3) is 0 Å². The van der Waals surface area contributed by atoms with Crippen LogP contribution in [0, 0.1) is 41.4 Å². The summed E-state index contributed by atoms with van der Waals surface area (Å²) in [5, 5.41) is 0. The Morgan fingerprint density at radius 2 is 1.95 bits per heavy atom. The summed E-state index contributed by atoms with van der Waals surface area (Å²) in [7, 11) is 0. The Bertz CT molecular complexity index is 437. The molecule has 4 rings (SSSR count). The molecular weight excluding hydrogens is 363 g/mol. The van der Waals surface area contributed by atoms with E-state index in [0.717, 1.165) is 40.4 Å². The zero-order valence-electron chi connectivity index (χ0n) is 12.5. The molecule has 0 aromatic heterocycles. The van der Waals surface area contributed by atoms with Gasteiger partial charge in [-0.2, -0.15) is 0 Å². The molecule has 0 spiro atoms. The molecule has 0 N–H and O–H groups in total. The number of esters is 1. The van der Waals surface area contributed by atoms with E-state index in [1.54, 1.807) is 0 Å². The number of ether oxygens (including phenoxy) is 1. The summed E-state index contributed by atoms with van der Waals surface area (Å²) in [4.78, 5) is 12.2. The molecule has 8 atom stereocenters. The van der Waals surface area contributed by atoms with Crippen LogP contribution in [-0.4, -0.2) is 16.0 Å². The van der Waals surface area contributed by atoms with E-state index in [0.29, 0.717) is 5.92 Å². The van der Waals surface area contributed by atoms with Crippen molar-refractivity contribution in [3.63, 3.8) is 0 Å². The Labute approximate surface area is 135 Å². The van der Waals surface area contributed by atoms with Gasteiger partial charge < -0.3 is 4.74 Å². The van der Waals surface area contributed by atoms with Gasteiger partial charge in [-0.25, -0.2) is 0 Å². The van der Waals surface area contributed by atoms with Crippen LogP contribution in [-0.2, 0) is 9.53 Å². The minimum Gasteiger partial charge on any atom is -0.459 e. The van der Waals surface area contributed by atoms with Crippen LogP contribution in [0.15, 0.2) is 0 Å². The third-order valence-corrected chi connectivity index (χ3v) is 8.35. The molecule has 4 aliphatic carbocycles. The topological polar surface area (TPSA) is 26.3 Å². The summed E-state index contributed by atoms with van der Waals surface area (Å²) in [5.41, 5.74) is -0.145. The molecule has 112 valence electrons. The molecule has 20 heavy (non-hydrogen) atoms. The predicted molar refractivity (Wildman–Crippen MR) is 86.6 cm³/mol. The normalized spacial score (nSPS) is 53.1. The van der Waals surface area contributed by atoms with E-state index in [-0.39, 0.29) is 17.5 Å². The molecule has 0 aromatic carbocycles. The summed E-state index contributed by atoms with van der Waals surface area (Å²) in [6.45, 7) is 4.23. The lowest BCUT2D eigenvalue weighted by Gasteiger charge is -2.44. The molecule has 0 aliphatic heterocycles. The van der Waals surface area contributed by atoms with Crippen LogP contribution >= 0.6 is 22.6 Å². The van der Waals surface area contributed by atoms with E-state index in [1.165, 1.54) is 25.7 Å². The fraction of sp³-hybridized carbons (Fsp3) is 0.941. The van der Waals surface area contributed by atoms with Gasteiger partial charge in [-0.15, -0.1) is 0 Å². The van der Waals surface area contributed by atoms with Crippen LogP contribution in [0.3, 0.4) is 0 Å². The number of hydrogen-bond donors (Lipinski definition) is 0. The van der Waals surface area contributed by atoms with Gasteiger partial charge in [0, 0.05) is 10.3 Å². The van der Waals surface area contributed by atoms with Crippen LogP contribution in [0.5, 0.6) is 0 Å². The molecular formula is C17H25IO2. The zero-order chi connectivity index (χ0) is 14.1. The number of fused-ring (bicyclic) bond motifs is 9. The molecule has 4 fully saturated rings. The summed E-state index contributed by atoms with van der Waals surface area (Å²) < 4.78 is 6.92. The first-order chi connectivity index (χ1) is 9.53. The number of carbonyl (C=O) groups is 1. The van der Waals surface area contributed by atoms with Gasteiger partial charge in [-0.1, -0.05) is 29.5 Å². The van der Waals surface area contributed by atoms with Crippen LogP contribution in [0.2, 0.25) is 0 Å². The van der Waals surface area contributed by atoms with E-state index < -0.39 is 0 Å². The number of rotatable bonds is 3.